The molecule has 3 aromatic rings. The third kappa shape index (κ3) is 4.71. The Morgan fingerprint density at radius 1 is 1.12 bits per heavy atom. The van der Waals surface area contributed by atoms with Crippen molar-refractivity contribution in [2.75, 3.05) is 17.2 Å². The average Bonchev–Trinajstić information content (AvgIpc) is 3.20. The molecule has 1 amide bonds. The second kappa shape index (κ2) is 9.23. The van der Waals surface area contributed by atoms with Gasteiger partial charge in [0.15, 0.2) is 0 Å². The van der Waals surface area contributed by atoms with Crippen molar-refractivity contribution in [1.82, 2.24) is 5.43 Å². The standard InChI is InChI=1S/C25H27N3O4S/c1-4-32-22-14-12-21(13-15-22)28(33(3,30)31)17(2)25(29)27-26-16-20-11-10-19-9-8-18-6-5-7-23(20)24(18)19/h5-7,10-17H,4,8-9H2,1-3H3,(H,27,29)/b26-16-/t17-/m1/s1. The Balaban J connectivity index is 1.52. The predicted molar refractivity (Wildman–Crippen MR) is 131 cm³/mol. The van der Waals surface area contributed by atoms with Gasteiger partial charge in [-0.1, -0.05) is 30.3 Å². The molecule has 0 saturated carbocycles. The van der Waals surface area contributed by atoms with E-state index < -0.39 is 22.0 Å². The number of hydrogen-bond acceptors (Lipinski definition) is 5. The van der Waals surface area contributed by atoms with Crippen LogP contribution in [0.5, 0.6) is 5.75 Å². The summed E-state index contributed by atoms with van der Waals surface area (Å²) in [6.45, 7) is 3.90. The largest absolute Gasteiger partial charge is 0.494 e. The van der Waals surface area contributed by atoms with Gasteiger partial charge in [0.1, 0.15) is 11.8 Å². The van der Waals surface area contributed by atoms with Crippen LogP contribution in [0.3, 0.4) is 0 Å². The topological polar surface area (TPSA) is 88.1 Å². The maximum Gasteiger partial charge on any atom is 0.263 e. The Morgan fingerprint density at radius 3 is 2.48 bits per heavy atom. The molecule has 3 aromatic carbocycles. The lowest BCUT2D eigenvalue weighted by molar-refractivity contribution is -0.121. The van der Waals surface area contributed by atoms with Crippen LogP contribution in [0.2, 0.25) is 0 Å². The maximum atomic E-state index is 12.8. The quantitative estimate of drug-likeness (QED) is 0.406. The van der Waals surface area contributed by atoms with Crippen molar-refractivity contribution in [1.29, 1.82) is 0 Å². The first-order chi connectivity index (χ1) is 15.8. The highest BCUT2D eigenvalue weighted by Crippen LogP contribution is 2.32. The van der Waals surface area contributed by atoms with Crippen molar-refractivity contribution in [3.8, 4) is 5.75 Å². The van der Waals surface area contributed by atoms with E-state index in [1.165, 1.54) is 23.4 Å². The van der Waals surface area contributed by atoms with Crippen molar-refractivity contribution >= 4 is 38.6 Å². The molecule has 0 spiro atoms. The first kappa shape index (κ1) is 22.8. The second-order valence-corrected chi connectivity index (χ2v) is 9.91. The molecule has 172 valence electrons. The van der Waals surface area contributed by atoms with Crippen molar-refractivity contribution in [3.63, 3.8) is 0 Å². The first-order valence-corrected chi connectivity index (χ1v) is 12.7. The molecular formula is C25H27N3O4S. The fourth-order valence-corrected chi connectivity index (χ4v) is 5.48. The molecule has 1 aliphatic carbocycles. The molecule has 33 heavy (non-hydrogen) atoms. The molecular weight excluding hydrogens is 438 g/mol. The number of aryl methyl sites for hydroxylation is 2. The summed E-state index contributed by atoms with van der Waals surface area (Å²) in [7, 11) is -3.72. The molecule has 0 saturated heterocycles. The summed E-state index contributed by atoms with van der Waals surface area (Å²) in [5.74, 6) is 0.0956. The van der Waals surface area contributed by atoms with Gasteiger partial charge in [-0.05, 0) is 72.9 Å². The van der Waals surface area contributed by atoms with Gasteiger partial charge in [0, 0.05) is 5.56 Å². The summed E-state index contributed by atoms with van der Waals surface area (Å²) in [5, 5.41) is 6.48. The molecule has 8 heteroatoms. The maximum absolute atomic E-state index is 12.8. The van der Waals surface area contributed by atoms with Gasteiger partial charge in [-0.25, -0.2) is 13.8 Å². The van der Waals surface area contributed by atoms with Crippen molar-refractivity contribution in [3.05, 3.63) is 71.3 Å². The number of carbonyl (C=O) groups is 1. The van der Waals surface area contributed by atoms with Gasteiger partial charge >= 0.3 is 0 Å². The minimum absolute atomic E-state index is 0.375. The molecule has 0 unspecified atom stereocenters. The van der Waals surface area contributed by atoms with E-state index in [2.05, 4.69) is 28.7 Å². The molecule has 0 heterocycles. The van der Waals surface area contributed by atoms with E-state index >= 15 is 0 Å². The van der Waals surface area contributed by atoms with Gasteiger partial charge in [-0.2, -0.15) is 5.10 Å². The molecule has 1 atom stereocenters. The van der Waals surface area contributed by atoms with Gasteiger partial charge in [0.25, 0.3) is 5.91 Å². The number of sulfonamides is 1. The summed E-state index contributed by atoms with van der Waals surface area (Å²) in [5.41, 5.74) is 6.43. The number of carbonyl (C=O) groups excluding carboxylic acids is 1. The number of rotatable bonds is 8. The van der Waals surface area contributed by atoms with Gasteiger partial charge < -0.3 is 4.74 Å². The van der Waals surface area contributed by atoms with E-state index in [1.807, 2.05) is 19.1 Å². The van der Waals surface area contributed by atoms with E-state index in [-0.39, 0.29) is 0 Å². The molecule has 1 aliphatic rings. The number of hydrazone groups is 1. The fourth-order valence-electron chi connectivity index (χ4n) is 4.31. The van der Waals surface area contributed by atoms with Crippen LogP contribution >= 0.6 is 0 Å². The van der Waals surface area contributed by atoms with E-state index in [1.54, 1.807) is 30.5 Å². The highest BCUT2D eigenvalue weighted by atomic mass is 32.2. The molecule has 7 nitrogen and oxygen atoms in total. The normalized spacial score (nSPS) is 13.9. The highest BCUT2D eigenvalue weighted by molar-refractivity contribution is 7.92. The Labute approximate surface area is 194 Å². The fraction of sp³-hybridized carbons (Fsp3) is 0.280. The number of amides is 1. The average molecular weight is 466 g/mol. The SMILES string of the molecule is CCOc1ccc(N([C@H](C)C(=O)N/N=C\c2ccc3c4c(cccc24)CC3)S(C)(=O)=O)cc1. The number of benzene rings is 3. The van der Waals surface area contributed by atoms with Gasteiger partial charge in [-0.3, -0.25) is 9.10 Å². The minimum atomic E-state index is -3.72. The minimum Gasteiger partial charge on any atom is -0.494 e. The van der Waals surface area contributed by atoms with Gasteiger partial charge in [-0.15, -0.1) is 0 Å². The number of hydrogen-bond donors (Lipinski definition) is 1. The zero-order chi connectivity index (χ0) is 23.6. The van der Waals surface area contributed by atoms with E-state index in [0.717, 1.165) is 34.4 Å². The van der Waals surface area contributed by atoms with Crippen molar-refractivity contribution in [2.24, 2.45) is 5.10 Å². The van der Waals surface area contributed by atoms with Crippen LogP contribution in [0.15, 0.2) is 59.7 Å². The van der Waals surface area contributed by atoms with Gasteiger partial charge in [0.05, 0.1) is 24.8 Å². The lowest BCUT2D eigenvalue weighted by Crippen LogP contribution is -2.46. The monoisotopic (exact) mass is 465 g/mol. The smallest absolute Gasteiger partial charge is 0.263 e. The van der Waals surface area contributed by atoms with E-state index in [4.69, 9.17) is 4.74 Å². The third-order valence-electron chi connectivity index (χ3n) is 5.78. The summed E-state index contributed by atoms with van der Waals surface area (Å²) >= 11 is 0. The zero-order valence-corrected chi connectivity index (χ0v) is 19.7. The zero-order valence-electron chi connectivity index (χ0n) is 18.9. The molecule has 0 bridgehead atoms. The van der Waals surface area contributed by atoms with Gasteiger partial charge in [0.2, 0.25) is 10.0 Å². The lowest BCUT2D eigenvalue weighted by Gasteiger charge is -2.27. The number of ether oxygens (including phenoxy) is 1. The van der Waals surface area contributed by atoms with Crippen LogP contribution in [0.25, 0.3) is 10.8 Å². The molecule has 0 fully saturated rings. The van der Waals surface area contributed by atoms with Crippen LogP contribution in [0, 0.1) is 0 Å². The molecule has 4 rings (SSSR count). The second-order valence-electron chi connectivity index (χ2n) is 8.05. The summed E-state index contributed by atoms with van der Waals surface area (Å²) < 4.78 is 31.4. The van der Waals surface area contributed by atoms with E-state index in [0.29, 0.717) is 18.0 Å². The molecule has 1 N–H and O–H groups in total. The highest BCUT2D eigenvalue weighted by Gasteiger charge is 2.29. The van der Waals surface area contributed by atoms with Crippen LogP contribution in [0.1, 0.15) is 30.5 Å². The molecule has 0 aromatic heterocycles. The lowest BCUT2D eigenvalue weighted by atomic mass is 10.0. The third-order valence-corrected chi connectivity index (χ3v) is 7.02. The number of nitrogens with one attached hydrogen (secondary N) is 1. The van der Waals surface area contributed by atoms with Crippen LogP contribution in [0.4, 0.5) is 5.69 Å². The van der Waals surface area contributed by atoms with Crippen molar-refractivity contribution in [2.45, 2.75) is 32.7 Å². The van der Waals surface area contributed by atoms with Crippen molar-refractivity contribution < 1.29 is 17.9 Å². The Kier molecular flexibility index (Phi) is 6.37. The Hall–Kier alpha value is -3.39. The van der Waals surface area contributed by atoms with E-state index in [9.17, 15) is 13.2 Å². The Bertz CT molecular complexity index is 1310. The van der Waals surface area contributed by atoms with Crippen LogP contribution in [-0.4, -0.2) is 39.4 Å². The summed E-state index contributed by atoms with van der Waals surface area (Å²) in [4.78, 5) is 12.8. The molecule has 0 aliphatic heterocycles. The van der Waals surface area contributed by atoms with Crippen LogP contribution < -0.4 is 14.5 Å². The Morgan fingerprint density at radius 2 is 1.82 bits per heavy atom. The summed E-state index contributed by atoms with van der Waals surface area (Å²) in [6, 6.07) is 15.9. The first-order valence-electron chi connectivity index (χ1n) is 10.9. The molecule has 0 radical (unpaired) electrons. The number of nitrogens with zero attached hydrogens (tertiary/aromatic N) is 2. The number of anilines is 1. The summed E-state index contributed by atoms with van der Waals surface area (Å²) in [6.07, 6.45) is 4.75. The predicted octanol–water partition coefficient (Wildman–Crippen LogP) is 3.64. The van der Waals surface area contributed by atoms with Crippen LogP contribution in [-0.2, 0) is 27.7 Å².